The van der Waals surface area contributed by atoms with Crippen LogP contribution in [0, 0.1) is 17.0 Å². The predicted molar refractivity (Wildman–Crippen MR) is 108 cm³/mol. The number of nitrogens with zero attached hydrogens (tertiary/aromatic N) is 4. The van der Waals surface area contributed by atoms with Crippen LogP contribution in [-0.4, -0.2) is 46.9 Å². The third-order valence-corrected chi connectivity index (χ3v) is 5.01. The van der Waals surface area contributed by atoms with Gasteiger partial charge in [-0.1, -0.05) is 30.3 Å². The minimum Gasteiger partial charge on any atom is -0.441 e. The van der Waals surface area contributed by atoms with Crippen molar-refractivity contribution in [2.75, 3.05) is 31.1 Å². The Kier molecular flexibility index (Phi) is 4.99. The van der Waals surface area contributed by atoms with E-state index in [0.29, 0.717) is 49.2 Å². The Morgan fingerprint density at radius 2 is 1.69 bits per heavy atom. The SMILES string of the molecule is Cc1oc(-c2ccccc2)nc1C(=O)N1CCN(c2ccccc2[N+](=O)[O-])CC1. The Labute approximate surface area is 167 Å². The zero-order valence-electron chi connectivity index (χ0n) is 15.9. The lowest BCUT2D eigenvalue weighted by molar-refractivity contribution is -0.384. The third-order valence-electron chi connectivity index (χ3n) is 5.01. The lowest BCUT2D eigenvalue weighted by atomic mass is 10.2. The molecule has 4 rings (SSSR count). The quantitative estimate of drug-likeness (QED) is 0.498. The van der Waals surface area contributed by atoms with E-state index in [1.54, 1.807) is 30.0 Å². The number of anilines is 1. The molecule has 1 saturated heterocycles. The Morgan fingerprint density at radius 3 is 2.38 bits per heavy atom. The molecule has 0 unspecified atom stereocenters. The molecule has 2 aromatic carbocycles. The predicted octanol–water partition coefficient (Wildman–Crippen LogP) is 3.52. The fourth-order valence-electron chi connectivity index (χ4n) is 3.49. The van der Waals surface area contributed by atoms with E-state index in [0.717, 1.165) is 5.56 Å². The molecule has 0 atom stereocenters. The van der Waals surface area contributed by atoms with Crippen LogP contribution in [-0.2, 0) is 0 Å². The molecule has 1 amide bonds. The van der Waals surface area contributed by atoms with E-state index in [-0.39, 0.29) is 16.5 Å². The molecular formula is C21H20N4O4. The first-order valence-corrected chi connectivity index (χ1v) is 9.35. The highest BCUT2D eigenvalue weighted by Gasteiger charge is 2.28. The van der Waals surface area contributed by atoms with Crippen molar-refractivity contribution in [3.8, 4) is 11.5 Å². The van der Waals surface area contributed by atoms with E-state index in [4.69, 9.17) is 4.42 Å². The van der Waals surface area contributed by atoms with E-state index >= 15 is 0 Å². The van der Waals surface area contributed by atoms with Crippen LogP contribution >= 0.6 is 0 Å². The summed E-state index contributed by atoms with van der Waals surface area (Å²) in [5.74, 6) is 0.718. The van der Waals surface area contributed by atoms with Gasteiger partial charge in [-0.15, -0.1) is 0 Å². The largest absolute Gasteiger partial charge is 0.441 e. The van der Waals surface area contributed by atoms with Crippen LogP contribution < -0.4 is 4.90 Å². The lowest BCUT2D eigenvalue weighted by Crippen LogP contribution is -2.49. The summed E-state index contributed by atoms with van der Waals surface area (Å²) in [6, 6.07) is 16.1. The number of piperazine rings is 1. The standard InChI is InChI=1S/C21H20N4O4/c1-15-19(22-20(29-15)16-7-3-2-4-8-16)21(26)24-13-11-23(12-14-24)17-9-5-6-10-18(17)25(27)28/h2-10H,11-14H2,1H3. The molecule has 0 bridgehead atoms. The van der Waals surface area contributed by atoms with Gasteiger partial charge in [0.15, 0.2) is 5.69 Å². The van der Waals surface area contributed by atoms with Gasteiger partial charge in [-0.2, -0.15) is 0 Å². The zero-order valence-corrected chi connectivity index (χ0v) is 15.9. The van der Waals surface area contributed by atoms with Crippen LogP contribution in [0.2, 0.25) is 0 Å². The molecule has 1 aliphatic heterocycles. The first-order valence-electron chi connectivity index (χ1n) is 9.35. The number of benzene rings is 2. The minimum atomic E-state index is -0.378. The second-order valence-corrected chi connectivity index (χ2v) is 6.81. The molecule has 0 saturated carbocycles. The number of aryl methyl sites for hydroxylation is 1. The van der Waals surface area contributed by atoms with E-state index in [1.165, 1.54) is 6.07 Å². The average Bonchev–Trinajstić information content (AvgIpc) is 3.15. The monoisotopic (exact) mass is 392 g/mol. The highest BCUT2D eigenvalue weighted by Crippen LogP contribution is 2.29. The summed E-state index contributed by atoms with van der Waals surface area (Å²) in [5.41, 5.74) is 1.78. The van der Waals surface area contributed by atoms with E-state index in [9.17, 15) is 14.9 Å². The van der Waals surface area contributed by atoms with Crippen molar-refractivity contribution in [3.05, 3.63) is 76.2 Å². The molecule has 3 aromatic rings. The van der Waals surface area contributed by atoms with E-state index in [1.807, 2.05) is 35.2 Å². The molecule has 1 aromatic heterocycles. The van der Waals surface area contributed by atoms with Crippen molar-refractivity contribution < 1.29 is 14.1 Å². The van der Waals surface area contributed by atoms with Crippen LogP contribution in [0.4, 0.5) is 11.4 Å². The first-order chi connectivity index (χ1) is 14.0. The molecule has 148 valence electrons. The van der Waals surface area contributed by atoms with E-state index < -0.39 is 0 Å². The maximum absolute atomic E-state index is 13.0. The van der Waals surface area contributed by atoms with Crippen LogP contribution in [0.1, 0.15) is 16.2 Å². The molecule has 1 fully saturated rings. The second-order valence-electron chi connectivity index (χ2n) is 6.81. The first kappa shape index (κ1) is 18.7. The molecule has 1 aliphatic rings. The van der Waals surface area contributed by atoms with Gasteiger partial charge in [0.05, 0.1) is 4.92 Å². The normalized spacial score (nSPS) is 14.1. The Morgan fingerprint density at radius 1 is 1.03 bits per heavy atom. The van der Waals surface area contributed by atoms with Crippen LogP contribution in [0.15, 0.2) is 59.0 Å². The minimum absolute atomic E-state index is 0.0760. The van der Waals surface area contributed by atoms with E-state index in [2.05, 4.69) is 4.98 Å². The Balaban J connectivity index is 1.48. The fraction of sp³-hybridized carbons (Fsp3) is 0.238. The summed E-state index contributed by atoms with van der Waals surface area (Å²) in [6.45, 7) is 3.67. The summed E-state index contributed by atoms with van der Waals surface area (Å²) in [6.07, 6.45) is 0. The fourth-order valence-corrected chi connectivity index (χ4v) is 3.49. The number of nitro benzene ring substituents is 1. The molecule has 29 heavy (non-hydrogen) atoms. The zero-order chi connectivity index (χ0) is 20.4. The summed E-state index contributed by atoms with van der Waals surface area (Å²) in [7, 11) is 0. The number of hydrogen-bond acceptors (Lipinski definition) is 6. The van der Waals surface area contributed by atoms with Crippen molar-refractivity contribution in [3.63, 3.8) is 0 Å². The number of amides is 1. The van der Waals surface area contributed by atoms with Crippen molar-refractivity contribution in [1.29, 1.82) is 0 Å². The number of carbonyl (C=O) groups is 1. The molecule has 0 N–H and O–H groups in total. The number of carbonyl (C=O) groups excluding carboxylic acids is 1. The van der Waals surface area contributed by atoms with Gasteiger partial charge in [-0.25, -0.2) is 4.98 Å². The number of hydrogen-bond donors (Lipinski definition) is 0. The highest BCUT2D eigenvalue weighted by atomic mass is 16.6. The summed E-state index contributed by atoms with van der Waals surface area (Å²) in [4.78, 5) is 31.9. The van der Waals surface area contributed by atoms with Gasteiger partial charge in [0.25, 0.3) is 11.6 Å². The molecule has 0 radical (unpaired) electrons. The maximum atomic E-state index is 13.0. The Hall–Kier alpha value is -3.68. The number of oxazole rings is 1. The van der Waals surface area contributed by atoms with Crippen molar-refractivity contribution in [1.82, 2.24) is 9.88 Å². The van der Waals surface area contributed by atoms with Gasteiger partial charge in [0.2, 0.25) is 5.89 Å². The van der Waals surface area contributed by atoms with Crippen LogP contribution in [0.5, 0.6) is 0 Å². The molecular weight excluding hydrogens is 372 g/mol. The highest BCUT2D eigenvalue weighted by molar-refractivity contribution is 5.94. The van der Waals surface area contributed by atoms with Crippen LogP contribution in [0.3, 0.4) is 0 Å². The molecule has 0 aliphatic carbocycles. The van der Waals surface area contributed by atoms with Crippen molar-refractivity contribution in [2.24, 2.45) is 0 Å². The Bertz CT molecular complexity index is 1040. The summed E-state index contributed by atoms with van der Waals surface area (Å²) < 4.78 is 5.70. The number of rotatable bonds is 4. The molecule has 8 nitrogen and oxygen atoms in total. The molecule has 8 heteroatoms. The lowest BCUT2D eigenvalue weighted by Gasteiger charge is -2.35. The molecule has 0 spiro atoms. The number of nitro groups is 1. The summed E-state index contributed by atoms with van der Waals surface area (Å²) in [5, 5.41) is 11.3. The molecule has 2 heterocycles. The van der Waals surface area contributed by atoms with Gasteiger partial charge in [0, 0.05) is 37.8 Å². The topological polar surface area (TPSA) is 92.7 Å². The smallest absolute Gasteiger partial charge is 0.292 e. The van der Waals surface area contributed by atoms with Crippen molar-refractivity contribution in [2.45, 2.75) is 6.92 Å². The number of aromatic nitrogens is 1. The maximum Gasteiger partial charge on any atom is 0.292 e. The van der Waals surface area contributed by atoms with Gasteiger partial charge in [-0.05, 0) is 25.1 Å². The average molecular weight is 392 g/mol. The van der Waals surface area contributed by atoms with Gasteiger partial charge in [0.1, 0.15) is 11.4 Å². The van der Waals surface area contributed by atoms with Gasteiger partial charge >= 0.3 is 0 Å². The number of para-hydroxylation sites is 2. The van der Waals surface area contributed by atoms with Gasteiger partial charge < -0.3 is 14.2 Å². The van der Waals surface area contributed by atoms with Crippen molar-refractivity contribution >= 4 is 17.3 Å². The van der Waals surface area contributed by atoms with Crippen LogP contribution in [0.25, 0.3) is 11.5 Å². The third kappa shape index (κ3) is 3.69. The second kappa shape index (κ2) is 7.75. The van der Waals surface area contributed by atoms with Gasteiger partial charge in [-0.3, -0.25) is 14.9 Å². The summed E-state index contributed by atoms with van der Waals surface area (Å²) >= 11 is 0.